The van der Waals surface area contributed by atoms with Crippen LogP contribution in [0.3, 0.4) is 0 Å². The van der Waals surface area contributed by atoms with E-state index in [-0.39, 0.29) is 29.6 Å². The van der Waals surface area contributed by atoms with Crippen molar-refractivity contribution in [3.63, 3.8) is 0 Å². The summed E-state index contributed by atoms with van der Waals surface area (Å²) in [5.74, 6) is 1.15. The van der Waals surface area contributed by atoms with E-state index in [2.05, 4.69) is 5.32 Å². The van der Waals surface area contributed by atoms with Gasteiger partial charge in [0.15, 0.2) is 0 Å². The Balaban J connectivity index is 1.26. The highest BCUT2D eigenvalue weighted by molar-refractivity contribution is 7.89. The van der Waals surface area contributed by atoms with Gasteiger partial charge in [-0.3, -0.25) is 13.9 Å². The van der Waals surface area contributed by atoms with Crippen molar-refractivity contribution in [1.29, 1.82) is 0 Å². The standard InChI is InChI=1S/C40H43N5O6S/c46-39(42-24-21-41-22-25-42)38-37(32-13-4-1-5-14-32)45(33-15-11-23-43(30-33)52(48,49)36-19-8-3-9-20-36)40(47)44(38)29-31-12-10-18-35(28-31)51-27-26-50-34-16-6-2-7-17-34/h1-10,12-14,16-20,28,33,41H,11,15,21-27,29-30H2. The smallest absolute Gasteiger partial charge is 0.329 e. The first-order chi connectivity index (χ1) is 25.4. The van der Waals surface area contributed by atoms with Crippen LogP contribution in [0.4, 0.5) is 0 Å². The highest BCUT2D eigenvalue weighted by Crippen LogP contribution is 2.33. The fraction of sp³-hybridized carbons (Fsp3) is 0.300. The average molecular weight is 722 g/mol. The molecule has 0 saturated carbocycles. The maximum absolute atomic E-state index is 14.9. The number of aromatic nitrogens is 2. The number of ether oxygens (including phenoxy) is 2. The average Bonchev–Trinajstić information content (AvgIpc) is 3.48. The largest absolute Gasteiger partial charge is 0.490 e. The van der Waals surface area contributed by atoms with Gasteiger partial charge < -0.3 is 19.7 Å². The van der Waals surface area contributed by atoms with Crippen LogP contribution in [0.1, 0.15) is 34.9 Å². The lowest BCUT2D eigenvalue weighted by Gasteiger charge is -2.33. The number of nitrogens with one attached hydrogen (secondary N) is 1. The first-order valence-electron chi connectivity index (χ1n) is 17.8. The third-order valence-electron chi connectivity index (χ3n) is 9.53. The van der Waals surface area contributed by atoms with Crippen LogP contribution in [0.15, 0.2) is 125 Å². The number of benzene rings is 4. The van der Waals surface area contributed by atoms with Gasteiger partial charge in [-0.1, -0.05) is 78.9 Å². The Morgan fingerprint density at radius 1 is 0.769 bits per heavy atom. The third kappa shape index (κ3) is 7.69. The zero-order valence-electron chi connectivity index (χ0n) is 29.0. The molecule has 4 aromatic carbocycles. The molecule has 1 N–H and O–H groups in total. The monoisotopic (exact) mass is 721 g/mol. The van der Waals surface area contributed by atoms with Crippen molar-refractivity contribution in [1.82, 2.24) is 23.7 Å². The van der Waals surface area contributed by atoms with Gasteiger partial charge in [-0.15, -0.1) is 0 Å². The van der Waals surface area contributed by atoms with E-state index in [4.69, 9.17) is 9.47 Å². The number of sulfonamides is 1. The van der Waals surface area contributed by atoms with E-state index in [1.165, 1.54) is 4.31 Å². The van der Waals surface area contributed by atoms with E-state index in [9.17, 15) is 18.0 Å². The summed E-state index contributed by atoms with van der Waals surface area (Å²) in [6.07, 6.45) is 1.15. The van der Waals surface area contributed by atoms with E-state index in [1.54, 1.807) is 44.4 Å². The molecule has 2 saturated heterocycles. The minimum Gasteiger partial charge on any atom is -0.490 e. The molecule has 0 spiro atoms. The molecule has 2 aliphatic rings. The lowest BCUT2D eigenvalue weighted by molar-refractivity contribution is 0.0725. The van der Waals surface area contributed by atoms with Crippen LogP contribution in [-0.4, -0.2) is 85.1 Å². The zero-order valence-corrected chi connectivity index (χ0v) is 29.8. The number of carbonyl (C=O) groups excluding carboxylic acids is 1. The van der Waals surface area contributed by atoms with Crippen LogP contribution in [0.5, 0.6) is 11.5 Å². The molecule has 11 nitrogen and oxygen atoms in total. The summed E-state index contributed by atoms with van der Waals surface area (Å²) in [5.41, 5.74) is 1.94. The zero-order chi connectivity index (χ0) is 35.9. The predicted molar refractivity (Wildman–Crippen MR) is 199 cm³/mol. The van der Waals surface area contributed by atoms with Crippen molar-refractivity contribution in [2.45, 2.75) is 30.3 Å². The van der Waals surface area contributed by atoms with Gasteiger partial charge in [0.05, 0.1) is 23.2 Å². The summed E-state index contributed by atoms with van der Waals surface area (Å²) in [6, 6.07) is 34.4. The van der Waals surface area contributed by atoms with Crippen molar-refractivity contribution in [3.05, 3.63) is 137 Å². The van der Waals surface area contributed by atoms with Crippen molar-refractivity contribution in [2.24, 2.45) is 0 Å². The normalized spacial score (nSPS) is 16.8. The number of hydrogen-bond acceptors (Lipinski definition) is 7. The quantitative estimate of drug-likeness (QED) is 0.183. The number of piperidine rings is 1. The molecule has 1 aromatic heterocycles. The van der Waals surface area contributed by atoms with Gasteiger partial charge in [0.2, 0.25) is 10.0 Å². The molecule has 0 aliphatic carbocycles. The van der Waals surface area contributed by atoms with E-state index in [0.717, 1.165) is 16.9 Å². The van der Waals surface area contributed by atoms with Crippen molar-refractivity contribution >= 4 is 15.9 Å². The lowest BCUT2D eigenvalue weighted by atomic mass is 10.0. The van der Waals surface area contributed by atoms with Gasteiger partial charge >= 0.3 is 5.69 Å². The van der Waals surface area contributed by atoms with Gasteiger partial charge in [-0.05, 0) is 54.8 Å². The van der Waals surface area contributed by atoms with Crippen LogP contribution in [0.2, 0.25) is 0 Å². The molecule has 270 valence electrons. The van der Waals surface area contributed by atoms with E-state index >= 15 is 0 Å². The van der Waals surface area contributed by atoms with E-state index < -0.39 is 16.1 Å². The van der Waals surface area contributed by atoms with Crippen molar-refractivity contribution in [3.8, 4) is 22.8 Å². The van der Waals surface area contributed by atoms with Crippen LogP contribution in [-0.2, 0) is 16.6 Å². The third-order valence-corrected chi connectivity index (χ3v) is 11.4. The molecular weight excluding hydrogens is 679 g/mol. The van der Waals surface area contributed by atoms with Gasteiger partial charge in [0.1, 0.15) is 30.4 Å². The molecule has 2 fully saturated rings. The van der Waals surface area contributed by atoms with Crippen LogP contribution in [0.25, 0.3) is 11.3 Å². The summed E-state index contributed by atoms with van der Waals surface area (Å²) in [7, 11) is -3.80. The van der Waals surface area contributed by atoms with E-state index in [1.807, 2.05) is 84.9 Å². The Hall–Kier alpha value is -5.17. The van der Waals surface area contributed by atoms with Crippen LogP contribution >= 0.6 is 0 Å². The van der Waals surface area contributed by atoms with Gasteiger partial charge in [-0.2, -0.15) is 4.31 Å². The summed E-state index contributed by atoms with van der Waals surface area (Å²) in [6.45, 7) is 3.58. The van der Waals surface area contributed by atoms with Crippen LogP contribution in [0, 0.1) is 0 Å². The fourth-order valence-electron chi connectivity index (χ4n) is 7.00. The molecule has 1 unspecified atom stereocenters. The second-order valence-corrected chi connectivity index (χ2v) is 14.9. The number of hydrogen-bond donors (Lipinski definition) is 1. The number of piperazine rings is 1. The van der Waals surface area contributed by atoms with Gasteiger partial charge in [0, 0.05) is 44.8 Å². The lowest BCUT2D eigenvalue weighted by Crippen LogP contribution is -2.47. The van der Waals surface area contributed by atoms with Gasteiger partial charge in [0.25, 0.3) is 5.91 Å². The maximum Gasteiger partial charge on any atom is 0.329 e. The Bertz CT molecular complexity index is 2130. The van der Waals surface area contributed by atoms with Crippen molar-refractivity contribution in [2.75, 3.05) is 52.5 Å². The molecule has 5 aromatic rings. The van der Waals surface area contributed by atoms with Crippen molar-refractivity contribution < 1.29 is 22.7 Å². The highest BCUT2D eigenvalue weighted by atomic mass is 32.2. The first-order valence-corrected chi connectivity index (χ1v) is 19.2. The Morgan fingerprint density at radius 2 is 1.40 bits per heavy atom. The summed E-state index contributed by atoms with van der Waals surface area (Å²) in [4.78, 5) is 31.5. The van der Waals surface area contributed by atoms with Crippen LogP contribution < -0.4 is 20.5 Å². The molecule has 12 heteroatoms. The second-order valence-electron chi connectivity index (χ2n) is 13.0. The number of nitrogens with zero attached hydrogens (tertiary/aromatic N) is 4. The first kappa shape index (κ1) is 35.2. The molecule has 0 bridgehead atoms. The summed E-state index contributed by atoms with van der Waals surface area (Å²) >= 11 is 0. The molecule has 52 heavy (non-hydrogen) atoms. The fourth-order valence-corrected chi connectivity index (χ4v) is 8.54. The number of carbonyl (C=O) groups is 1. The Labute approximate surface area is 304 Å². The number of rotatable bonds is 12. The van der Waals surface area contributed by atoms with Gasteiger partial charge in [-0.25, -0.2) is 13.2 Å². The number of para-hydroxylation sites is 1. The molecular formula is C40H43N5O6S. The molecule has 7 rings (SSSR count). The number of amides is 1. The molecule has 1 amide bonds. The Morgan fingerprint density at radius 3 is 2.12 bits per heavy atom. The maximum atomic E-state index is 14.9. The molecule has 3 heterocycles. The Kier molecular flexibility index (Phi) is 10.9. The molecule has 0 radical (unpaired) electrons. The predicted octanol–water partition coefficient (Wildman–Crippen LogP) is 4.89. The number of imidazole rings is 1. The molecule has 1 atom stereocenters. The minimum atomic E-state index is -3.80. The summed E-state index contributed by atoms with van der Waals surface area (Å²) in [5, 5.41) is 3.31. The minimum absolute atomic E-state index is 0.108. The molecule has 2 aliphatic heterocycles. The van der Waals surface area contributed by atoms with E-state index in [0.29, 0.717) is 75.9 Å². The topological polar surface area (TPSA) is 115 Å². The highest BCUT2D eigenvalue weighted by Gasteiger charge is 2.37. The second kappa shape index (κ2) is 16.0. The SMILES string of the molecule is O=C(c1c(-c2ccccc2)n(C2CCCN(S(=O)(=O)c3ccccc3)C2)c(=O)n1Cc1cccc(OCCOc2ccccc2)c1)N1CCNCC1. The summed E-state index contributed by atoms with van der Waals surface area (Å²) < 4.78 is 44.1.